The van der Waals surface area contributed by atoms with Gasteiger partial charge in [0.2, 0.25) is 0 Å². The van der Waals surface area contributed by atoms with Crippen molar-refractivity contribution in [2.24, 2.45) is 0 Å². The SMILES string of the molecule is CC(C)(C)OC(=O)OCCn1cnc2ccccc21. The van der Waals surface area contributed by atoms with E-state index in [2.05, 4.69) is 4.98 Å². The van der Waals surface area contributed by atoms with Gasteiger partial charge in [0.05, 0.1) is 23.9 Å². The lowest BCUT2D eigenvalue weighted by atomic mass is 10.2. The summed E-state index contributed by atoms with van der Waals surface area (Å²) in [6.45, 7) is 6.22. The average Bonchev–Trinajstić information content (AvgIpc) is 2.70. The summed E-state index contributed by atoms with van der Waals surface area (Å²) in [6.07, 6.45) is 1.10. The summed E-state index contributed by atoms with van der Waals surface area (Å²) in [7, 11) is 0. The average molecular weight is 262 g/mol. The summed E-state index contributed by atoms with van der Waals surface area (Å²) in [5.41, 5.74) is 1.42. The Balaban J connectivity index is 1.88. The number of carbonyl (C=O) groups is 1. The van der Waals surface area contributed by atoms with Crippen LogP contribution >= 0.6 is 0 Å². The van der Waals surface area contributed by atoms with E-state index in [1.54, 1.807) is 27.1 Å². The molecule has 0 atom stereocenters. The Morgan fingerprint density at radius 3 is 2.79 bits per heavy atom. The number of nitrogens with zero attached hydrogens (tertiary/aromatic N) is 2. The molecule has 19 heavy (non-hydrogen) atoms. The maximum atomic E-state index is 11.4. The Morgan fingerprint density at radius 1 is 1.32 bits per heavy atom. The highest BCUT2D eigenvalue weighted by molar-refractivity contribution is 5.74. The number of imidazole rings is 1. The number of para-hydroxylation sites is 2. The van der Waals surface area contributed by atoms with Gasteiger partial charge in [-0.25, -0.2) is 9.78 Å². The van der Waals surface area contributed by atoms with Gasteiger partial charge in [0.25, 0.3) is 0 Å². The Kier molecular flexibility index (Phi) is 3.74. The summed E-state index contributed by atoms with van der Waals surface area (Å²) in [4.78, 5) is 15.6. The fourth-order valence-corrected chi connectivity index (χ4v) is 1.70. The number of carbonyl (C=O) groups excluding carboxylic acids is 1. The summed E-state index contributed by atoms with van der Waals surface area (Å²) in [5.74, 6) is 0. The van der Waals surface area contributed by atoms with E-state index in [-0.39, 0.29) is 6.61 Å². The van der Waals surface area contributed by atoms with Crippen molar-refractivity contribution >= 4 is 17.2 Å². The molecule has 102 valence electrons. The van der Waals surface area contributed by atoms with Gasteiger partial charge in [-0.15, -0.1) is 0 Å². The maximum Gasteiger partial charge on any atom is 0.508 e. The van der Waals surface area contributed by atoms with Gasteiger partial charge >= 0.3 is 6.16 Å². The molecule has 0 aliphatic carbocycles. The fraction of sp³-hybridized carbons (Fsp3) is 0.429. The number of benzene rings is 1. The van der Waals surface area contributed by atoms with Gasteiger partial charge in [-0.1, -0.05) is 12.1 Å². The third-order valence-corrected chi connectivity index (χ3v) is 2.47. The van der Waals surface area contributed by atoms with Crippen molar-refractivity contribution in [3.05, 3.63) is 30.6 Å². The van der Waals surface area contributed by atoms with Crippen LogP contribution in [0, 0.1) is 0 Å². The highest BCUT2D eigenvalue weighted by Gasteiger charge is 2.17. The molecule has 0 amide bonds. The third-order valence-electron chi connectivity index (χ3n) is 2.47. The van der Waals surface area contributed by atoms with Crippen LogP contribution in [0.3, 0.4) is 0 Å². The highest BCUT2D eigenvalue weighted by atomic mass is 16.7. The van der Waals surface area contributed by atoms with Crippen molar-refractivity contribution in [1.82, 2.24) is 9.55 Å². The van der Waals surface area contributed by atoms with Gasteiger partial charge in [-0.05, 0) is 32.9 Å². The lowest BCUT2D eigenvalue weighted by molar-refractivity contribution is -0.00821. The van der Waals surface area contributed by atoms with Crippen molar-refractivity contribution < 1.29 is 14.3 Å². The van der Waals surface area contributed by atoms with Crippen LogP contribution in [-0.4, -0.2) is 27.9 Å². The van der Waals surface area contributed by atoms with Gasteiger partial charge in [0.15, 0.2) is 0 Å². The van der Waals surface area contributed by atoms with E-state index in [0.29, 0.717) is 6.54 Å². The molecule has 0 bridgehead atoms. The topological polar surface area (TPSA) is 53.4 Å². The largest absolute Gasteiger partial charge is 0.508 e. The van der Waals surface area contributed by atoms with E-state index in [1.807, 2.05) is 28.8 Å². The number of hydrogen-bond acceptors (Lipinski definition) is 4. The lowest BCUT2D eigenvalue weighted by Gasteiger charge is -2.18. The zero-order valence-electron chi connectivity index (χ0n) is 11.4. The third kappa shape index (κ3) is 3.71. The smallest absolute Gasteiger partial charge is 0.432 e. The first-order valence-corrected chi connectivity index (χ1v) is 6.21. The molecule has 0 unspecified atom stereocenters. The van der Waals surface area contributed by atoms with Crippen molar-refractivity contribution in [1.29, 1.82) is 0 Å². The van der Waals surface area contributed by atoms with Crippen LogP contribution in [0.2, 0.25) is 0 Å². The first-order valence-electron chi connectivity index (χ1n) is 6.21. The van der Waals surface area contributed by atoms with Crippen molar-refractivity contribution in [3.8, 4) is 0 Å². The minimum Gasteiger partial charge on any atom is -0.432 e. The monoisotopic (exact) mass is 262 g/mol. The predicted octanol–water partition coefficient (Wildman–Crippen LogP) is 2.99. The fourth-order valence-electron chi connectivity index (χ4n) is 1.70. The first-order chi connectivity index (χ1) is 8.96. The van der Waals surface area contributed by atoms with Crippen molar-refractivity contribution in [2.45, 2.75) is 32.9 Å². The maximum absolute atomic E-state index is 11.4. The molecule has 2 rings (SSSR count). The normalized spacial score (nSPS) is 11.5. The molecule has 1 heterocycles. The Labute approximate surface area is 112 Å². The van der Waals surface area contributed by atoms with E-state index >= 15 is 0 Å². The van der Waals surface area contributed by atoms with Crippen LogP contribution < -0.4 is 0 Å². The van der Waals surface area contributed by atoms with Crippen LogP contribution in [0.1, 0.15) is 20.8 Å². The molecular formula is C14H18N2O3. The number of ether oxygens (including phenoxy) is 2. The Hall–Kier alpha value is -2.04. The summed E-state index contributed by atoms with van der Waals surface area (Å²) in [5, 5.41) is 0. The molecule has 1 aromatic carbocycles. The minimum atomic E-state index is -0.642. The molecule has 0 aliphatic heterocycles. The Bertz CT molecular complexity index is 569. The van der Waals surface area contributed by atoms with Gasteiger partial charge < -0.3 is 14.0 Å². The summed E-state index contributed by atoms with van der Waals surface area (Å²) in [6, 6.07) is 7.82. The number of aromatic nitrogens is 2. The quantitative estimate of drug-likeness (QED) is 0.798. The summed E-state index contributed by atoms with van der Waals surface area (Å²) < 4.78 is 12.0. The van der Waals surface area contributed by atoms with Crippen LogP contribution in [0.5, 0.6) is 0 Å². The van der Waals surface area contributed by atoms with E-state index in [4.69, 9.17) is 9.47 Å². The molecule has 2 aromatic rings. The standard InChI is InChI=1S/C14H18N2O3/c1-14(2,3)19-13(17)18-9-8-16-10-15-11-6-4-5-7-12(11)16/h4-7,10H,8-9H2,1-3H3. The van der Waals surface area contributed by atoms with Gasteiger partial charge in [-0.3, -0.25) is 0 Å². The number of hydrogen-bond donors (Lipinski definition) is 0. The predicted molar refractivity (Wildman–Crippen MR) is 71.9 cm³/mol. The van der Waals surface area contributed by atoms with Crippen LogP contribution in [0.4, 0.5) is 4.79 Å². The molecule has 0 aliphatic rings. The molecule has 5 nitrogen and oxygen atoms in total. The number of fused-ring (bicyclic) bond motifs is 1. The Morgan fingerprint density at radius 2 is 2.05 bits per heavy atom. The van der Waals surface area contributed by atoms with E-state index < -0.39 is 11.8 Å². The molecular weight excluding hydrogens is 244 g/mol. The number of rotatable bonds is 3. The van der Waals surface area contributed by atoms with Crippen LogP contribution in [-0.2, 0) is 16.0 Å². The molecule has 5 heteroatoms. The molecule has 0 fully saturated rings. The van der Waals surface area contributed by atoms with Crippen molar-refractivity contribution in [2.75, 3.05) is 6.61 Å². The molecule has 0 N–H and O–H groups in total. The van der Waals surface area contributed by atoms with Gasteiger partial charge in [-0.2, -0.15) is 0 Å². The molecule has 1 aromatic heterocycles. The second-order valence-corrected chi connectivity index (χ2v) is 5.24. The molecule has 0 spiro atoms. The second kappa shape index (κ2) is 5.30. The first kappa shape index (κ1) is 13.4. The minimum absolute atomic E-state index is 0.259. The van der Waals surface area contributed by atoms with Gasteiger partial charge in [0, 0.05) is 0 Å². The van der Waals surface area contributed by atoms with E-state index in [0.717, 1.165) is 11.0 Å². The molecule has 0 radical (unpaired) electrons. The van der Waals surface area contributed by atoms with E-state index in [1.165, 1.54) is 0 Å². The van der Waals surface area contributed by atoms with Crippen LogP contribution in [0.15, 0.2) is 30.6 Å². The molecule has 0 saturated carbocycles. The zero-order valence-corrected chi connectivity index (χ0v) is 11.4. The second-order valence-electron chi connectivity index (χ2n) is 5.24. The molecule has 0 saturated heterocycles. The zero-order chi connectivity index (χ0) is 13.9. The lowest BCUT2D eigenvalue weighted by Crippen LogP contribution is -2.25. The highest BCUT2D eigenvalue weighted by Crippen LogP contribution is 2.12. The summed E-state index contributed by atoms with van der Waals surface area (Å²) >= 11 is 0. The van der Waals surface area contributed by atoms with Crippen molar-refractivity contribution in [3.63, 3.8) is 0 Å². The van der Waals surface area contributed by atoms with E-state index in [9.17, 15) is 4.79 Å². The van der Waals surface area contributed by atoms with Crippen LogP contribution in [0.25, 0.3) is 11.0 Å². The van der Waals surface area contributed by atoms with Gasteiger partial charge in [0.1, 0.15) is 12.2 Å².